The maximum absolute atomic E-state index is 10.6. The number of hydrogen-bond acceptors (Lipinski definition) is 7. The lowest BCUT2D eigenvalue weighted by Gasteiger charge is -2.08. The number of fused-ring (bicyclic) bond motifs is 5. The van der Waals surface area contributed by atoms with Crippen molar-refractivity contribution in [1.82, 2.24) is 30.1 Å². The number of halogens is 6. The molecule has 0 amide bonds. The number of unbranched alkanes of at least 4 members (excludes halogenated alkanes) is 1. The Labute approximate surface area is 233 Å². The van der Waals surface area contributed by atoms with Crippen molar-refractivity contribution < 1.29 is 46.1 Å². The quantitative estimate of drug-likeness (QED) is 0.158. The molecule has 1 aliphatic rings. The highest BCUT2D eigenvalue weighted by Gasteiger charge is 2.39. The Hall–Kier alpha value is -4.96. The van der Waals surface area contributed by atoms with Gasteiger partial charge in [-0.3, -0.25) is 10.1 Å². The third-order valence-corrected chi connectivity index (χ3v) is 5.62. The van der Waals surface area contributed by atoms with Gasteiger partial charge in [-0.1, -0.05) is 13.3 Å². The number of imidazole rings is 1. The molecular formula is C25H23F6N7O4. The van der Waals surface area contributed by atoms with Gasteiger partial charge in [0.2, 0.25) is 0 Å². The standard InChI is InChI=1S/C21H21N7.2C2HF3O2/c1-3-4-7-15-17(12(2)27-28-15)21-25-18-13-8-10-22-11-16(13)24-20-14(19(18)26-21)6-5-9-23-20;2*3-2(4,5)1(6)7/h5-6,8-11H,3-4,7H2,1-2H3,(H,23,24)(H,25,26)(H,27,28);2*(H,6,7). The first-order chi connectivity index (χ1) is 19.6. The number of nitrogens with zero attached hydrogens (tertiary/aromatic N) is 4. The van der Waals surface area contributed by atoms with Crippen molar-refractivity contribution in [1.29, 1.82) is 0 Å². The summed E-state index contributed by atoms with van der Waals surface area (Å²) in [4.78, 5) is 35.1. The van der Waals surface area contributed by atoms with E-state index in [0.29, 0.717) is 0 Å². The lowest BCUT2D eigenvalue weighted by atomic mass is 10.1. The molecular weight excluding hydrogens is 576 g/mol. The number of aliphatic carboxylic acids is 2. The van der Waals surface area contributed by atoms with Gasteiger partial charge >= 0.3 is 24.3 Å². The lowest BCUT2D eigenvalue weighted by molar-refractivity contribution is -0.193. The summed E-state index contributed by atoms with van der Waals surface area (Å²) in [5.41, 5.74) is 7.90. The van der Waals surface area contributed by atoms with Gasteiger partial charge in [-0.25, -0.2) is 19.6 Å². The van der Waals surface area contributed by atoms with Gasteiger partial charge in [0.1, 0.15) is 17.3 Å². The molecule has 0 unspecified atom stereocenters. The molecule has 0 radical (unpaired) electrons. The first-order valence-electron chi connectivity index (χ1n) is 12.1. The molecule has 5 heterocycles. The third kappa shape index (κ3) is 7.41. The highest BCUT2D eigenvalue weighted by molar-refractivity contribution is 5.95. The number of carboxylic acid groups (broad SMARTS) is 2. The van der Waals surface area contributed by atoms with Crippen LogP contribution in [-0.2, 0) is 16.0 Å². The van der Waals surface area contributed by atoms with Crippen LogP contribution < -0.4 is 5.32 Å². The summed E-state index contributed by atoms with van der Waals surface area (Å²) in [6.07, 6.45) is -1.61. The van der Waals surface area contributed by atoms with Crippen LogP contribution in [0.3, 0.4) is 0 Å². The highest BCUT2D eigenvalue weighted by Crippen LogP contribution is 2.43. The third-order valence-electron chi connectivity index (χ3n) is 5.62. The summed E-state index contributed by atoms with van der Waals surface area (Å²) in [6, 6.07) is 5.97. The zero-order valence-electron chi connectivity index (χ0n) is 21.9. The molecule has 5 rings (SSSR count). The van der Waals surface area contributed by atoms with Crippen molar-refractivity contribution in [3.63, 3.8) is 0 Å². The van der Waals surface area contributed by atoms with Gasteiger partial charge in [0.15, 0.2) is 0 Å². The Kier molecular flexibility index (Phi) is 9.54. The minimum Gasteiger partial charge on any atom is -0.475 e. The van der Waals surface area contributed by atoms with Crippen molar-refractivity contribution in [2.45, 2.75) is 45.5 Å². The van der Waals surface area contributed by atoms with Crippen molar-refractivity contribution in [2.24, 2.45) is 0 Å². The first kappa shape index (κ1) is 31.6. The van der Waals surface area contributed by atoms with Crippen LogP contribution in [0, 0.1) is 6.92 Å². The summed E-state index contributed by atoms with van der Waals surface area (Å²) < 4.78 is 63.5. The van der Waals surface area contributed by atoms with Crippen LogP contribution in [0.4, 0.5) is 37.8 Å². The number of rotatable bonds is 4. The first-order valence-corrected chi connectivity index (χ1v) is 12.1. The van der Waals surface area contributed by atoms with Crippen molar-refractivity contribution in [3.05, 3.63) is 48.2 Å². The number of aryl methyl sites for hydroxylation is 2. The van der Waals surface area contributed by atoms with Crippen molar-refractivity contribution in [3.8, 4) is 33.9 Å². The van der Waals surface area contributed by atoms with E-state index in [2.05, 4.69) is 37.4 Å². The van der Waals surface area contributed by atoms with E-state index in [0.717, 1.165) is 76.1 Å². The smallest absolute Gasteiger partial charge is 0.475 e. The van der Waals surface area contributed by atoms with Crippen LogP contribution in [0.25, 0.3) is 33.9 Å². The number of aromatic nitrogens is 6. The SMILES string of the molecule is CCCCc1n[nH]c(C)c1-c1nc2c([nH]1)-c1ccncc1Nc1ncccc1-2.O=C(O)C(F)(F)F.O=C(O)C(F)(F)F. The molecule has 4 aromatic heterocycles. The molecule has 0 saturated carbocycles. The molecule has 17 heteroatoms. The number of alkyl halides is 6. The minimum absolute atomic E-state index is 0.781. The molecule has 5 N–H and O–H groups in total. The largest absolute Gasteiger partial charge is 0.490 e. The topological polar surface area (TPSA) is 170 Å². The van der Waals surface area contributed by atoms with E-state index < -0.39 is 24.3 Å². The number of hydrogen-bond donors (Lipinski definition) is 5. The predicted octanol–water partition coefficient (Wildman–Crippen LogP) is 5.90. The van der Waals surface area contributed by atoms with E-state index in [1.165, 1.54) is 0 Å². The number of carbonyl (C=O) groups is 2. The summed E-state index contributed by atoms with van der Waals surface area (Å²) >= 11 is 0. The van der Waals surface area contributed by atoms with Gasteiger partial charge in [0.25, 0.3) is 0 Å². The fraction of sp³-hybridized carbons (Fsp3) is 0.280. The molecule has 224 valence electrons. The van der Waals surface area contributed by atoms with Gasteiger partial charge in [0, 0.05) is 29.2 Å². The fourth-order valence-corrected chi connectivity index (χ4v) is 3.74. The van der Waals surface area contributed by atoms with Crippen LogP contribution in [0.5, 0.6) is 0 Å². The Morgan fingerprint density at radius 2 is 1.62 bits per heavy atom. The van der Waals surface area contributed by atoms with Crippen LogP contribution in [0.1, 0.15) is 31.2 Å². The summed E-state index contributed by atoms with van der Waals surface area (Å²) in [5.74, 6) is -3.90. The van der Waals surface area contributed by atoms with Gasteiger partial charge in [-0.2, -0.15) is 31.4 Å². The Balaban J connectivity index is 0.000000289. The number of carboxylic acids is 2. The maximum Gasteiger partial charge on any atom is 0.490 e. The average Bonchev–Trinajstić information content (AvgIpc) is 3.47. The monoisotopic (exact) mass is 599 g/mol. The number of nitrogens with one attached hydrogen (secondary N) is 3. The van der Waals surface area contributed by atoms with Gasteiger partial charge < -0.3 is 20.5 Å². The van der Waals surface area contributed by atoms with E-state index >= 15 is 0 Å². The molecule has 1 aliphatic heterocycles. The van der Waals surface area contributed by atoms with Crippen molar-refractivity contribution in [2.75, 3.05) is 5.32 Å². The molecule has 42 heavy (non-hydrogen) atoms. The van der Waals surface area contributed by atoms with Gasteiger partial charge in [-0.15, -0.1) is 0 Å². The molecule has 0 aliphatic carbocycles. The van der Waals surface area contributed by atoms with E-state index in [1.54, 1.807) is 12.4 Å². The second-order valence-corrected chi connectivity index (χ2v) is 8.63. The zero-order valence-corrected chi connectivity index (χ0v) is 21.9. The number of H-pyrrole nitrogens is 2. The maximum atomic E-state index is 10.6. The molecule has 0 fully saturated rings. The van der Waals surface area contributed by atoms with Crippen LogP contribution in [-0.4, -0.2) is 64.6 Å². The summed E-state index contributed by atoms with van der Waals surface area (Å²) in [6.45, 7) is 4.23. The summed E-state index contributed by atoms with van der Waals surface area (Å²) in [7, 11) is 0. The molecule has 0 spiro atoms. The second-order valence-electron chi connectivity index (χ2n) is 8.63. The van der Waals surface area contributed by atoms with E-state index in [1.807, 2.05) is 31.3 Å². The molecule has 4 aromatic rings. The van der Waals surface area contributed by atoms with E-state index in [-0.39, 0.29) is 0 Å². The lowest BCUT2D eigenvalue weighted by Crippen LogP contribution is -2.21. The molecule has 0 saturated heterocycles. The number of anilines is 2. The van der Waals surface area contributed by atoms with Crippen molar-refractivity contribution >= 4 is 23.4 Å². The van der Waals surface area contributed by atoms with E-state index in [9.17, 15) is 26.3 Å². The molecule has 0 atom stereocenters. The highest BCUT2D eigenvalue weighted by atomic mass is 19.4. The number of pyridine rings is 2. The minimum atomic E-state index is -5.08. The normalized spacial score (nSPS) is 11.7. The Morgan fingerprint density at radius 1 is 0.976 bits per heavy atom. The van der Waals surface area contributed by atoms with Gasteiger partial charge in [-0.05, 0) is 38.0 Å². The molecule has 0 aromatic carbocycles. The summed E-state index contributed by atoms with van der Waals surface area (Å²) in [5, 5.41) is 25.3. The van der Waals surface area contributed by atoms with Crippen LogP contribution in [0.2, 0.25) is 0 Å². The second kappa shape index (κ2) is 12.7. The molecule has 0 bridgehead atoms. The zero-order chi connectivity index (χ0) is 31.2. The fourth-order valence-electron chi connectivity index (χ4n) is 3.74. The Morgan fingerprint density at radius 3 is 2.21 bits per heavy atom. The predicted molar refractivity (Wildman–Crippen MR) is 137 cm³/mol. The average molecular weight is 599 g/mol. The number of aromatic amines is 2. The molecule has 11 nitrogen and oxygen atoms in total. The van der Waals surface area contributed by atoms with Crippen LogP contribution >= 0.6 is 0 Å². The Bertz CT molecular complexity index is 1480. The van der Waals surface area contributed by atoms with Crippen LogP contribution in [0.15, 0.2) is 36.8 Å². The van der Waals surface area contributed by atoms with E-state index in [4.69, 9.17) is 24.8 Å². The van der Waals surface area contributed by atoms with Gasteiger partial charge in [0.05, 0.1) is 28.8 Å².